The first kappa shape index (κ1) is 29.1. The minimum atomic E-state index is -0.619. The minimum absolute atomic E-state index is 0.00276. The Kier molecular flexibility index (Phi) is 10.4. The monoisotopic (exact) mass is 555 g/mol. The normalized spacial score (nSPS) is 18.4. The Morgan fingerprint density at radius 3 is 2.44 bits per heavy atom. The zero-order chi connectivity index (χ0) is 27.7. The van der Waals surface area contributed by atoms with Gasteiger partial charge in [0.15, 0.2) is 0 Å². The van der Waals surface area contributed by atoms with E-state index in [2.05, 4.69) is 17.4 Å². The van der Waals surface area contributed by atoms with Crippen LogP contribution in [0.15, 0.2) is 53.7 Å². The van der Waals surface area contributed by atoms with E-state index < -0.39 is 5.41 Å². The van der Waals surface area contributed by atoms with Gasteiger partial charge in [0.25, 0.3) is 0 Å². The maximum atomic E-state index is 13.6. The third-order valence-electron chi connectivity index (χ3n) is 7.92. The standard InChI is InChI=1S/C31H39ClFN3O3/c1-2-3-4-5-6-17-34-30(38)31(22-27-21-28(35-39-27)24-9-11-25(32)12-10-24)15-18-36(19-16-31)29(37)20-23-7-13-26(33)14-8-23/h7-14,27H,2-6,15-22H2,1H3,(H,34,38). The van der Waals surface area contributed by atoms with Gasteiger partial charge in [0.1, 0.15) is 11.9 Å². The van der Waals surface area contributed by atoms with Crippen LogP contribution in [0.25, 0.3) is 0 Å². The fourth-order valence-corrected chi connectivity index (χ4v) is 5.63. The van der Waals surface area contributed by atoms with E-state index in [1.165, 1.54) is 31.4 Å². The molecule has 2 aliphatic rings. The van der Waals surface area contributed by atoms with E-state index in [1.54, 1.807) is 12.1 Å². The van der Waals surface area contributed by atoms with Gasteiger partial charge in [0.2, 0.25) is 11.8 Å². The molecule has 1 fully saturated rings. The Morgan fingerprint density at radius 2 is 1.74 bits per heavy atom. The highest BCUT2D eigenvalue weighted by Gasteiger charge is 2.45. The predicted molar refractivity (Wildman–Crippen MR) is 152 cm³/mol. The number of piperidine rings is 1. The molecule has 210 valence electrons. The van der Waals surface area contributed by atoms with E-state index >= 15 is 0 Å². The Hall–Kier alpha value is -2.93. The molecule has 0 aromatic heterocycles. The molecule has 2 amide bonds. The van der Waals surface area contributed by atoms with Crippen LogP contribution in [0, 0.1) is 11.2 Å². The molecule has 1 atom stereocenters. The van der Waals surface area contributed by atoms with Crippen LogP contribution in [-0.2, 0) is 20.8 Å². The first-order chi connectivity index (χ1) is 18.9. The van der Waals surface area contributed by atoms with Crippen molar-refractivity contribution in [2.75, 3.05) is 19.6 Å². The average Bonchev–Trinajstić information content (AvgIpc) is 3.40. The van der Waals surface area contributed by atoms with Crippen LogP contribution >= 0.6 is 11.6 Å². The van der Waals surface area contributed by atoms with E-state index in [-0.39, 0.29) is 30.2 Å². The predicted octanol–water partition coefficient (Wildman–Crippen LogP) is 6.30. The first-order valence-corrected chi connectivity index (χ1v) is 14.6. The van der Waals surface area contributed by atoms with Crippen molar-refractivity contribution in [3.63, 3.8) is 0 Å². The SMILES string of the molecule is CCCCCCCNC(=O)C1(CC2CC(c3ccc(Cl)cc3)=NO2)CCN(C(=O)Cc2ccc(F)cc2)CC1. The van der Waals surface area contributed by atoms with Gasteiger partial charge in [-0.25, -0.2) is 4.39 Å². The molecule has 4 rings (SSSR count). The summed E-state index contributed by atoms with van der Waals surface area (Å²) in [7, 11) is 0. The lowest BCUT2D eigenvalue weighted by atomic mass is 9.72. The second-order valence-electron chi connectivity index (χ2n) is 10.8. The van der Waals surface area contributed by atoms with Gasteiger partial charge >= 0.3 is 0 Å². The van der Waals surface area contributed by atoms with Gasteiger partial charge in [-0.3, -0.25) is 9.59 Å². The highest BCUT2D eigenvalue weighted by molar-refractivity contribution is 6.30. The lowest BCUT2D eigenvalue weighted by Gasteiger charge is -2.41. The smallest absolute Gasteiger partial charge is 0.226 e. The van der Waals surface area contributed by atoms with Gasteiger partial charge in [-0.15, -0.1) is 0 Å². The number of hydrogen-bond donors (Lipinski definition) is 1. The minimum Gasteiger partial charge on any atom is -0.392 e. The number of unbranched alkanes of at least 4 members (excludes halogenated alkanes) is 4. The Balaban J connectivity index is 1.37. The zero-order valence-corrected chi connectivity index (χ0v) is 23.5. The Labute approximate surface area is 235 Å². The van der Waals surface area contributed by atoms with Gasteiger partial charge in [0.05, 0.1) is 17.5 Å². The highest BCUT2D eigenvalue weighted by Crippen LogP contribution is 2.39. The van der Waals surface area contributed by atoms with Crippen molar-refractivity contribution in [1.29, 1.82) is 0 Å². The summed E-state index contributed by atoms with van der Waals surface area (Å²) >= 11 is 6.03. The van der Waals surface area contributed by atoms with Crippen LogP contribution in [0.2, 0.25) is 5.02 Å². The number of benzene rings is 2. The molecule has 0 aliphatic carbocycles. The summed E-state index contributed by atoms with van der Waals surface area (Å²) < 4.78 is 13.3. The van der Waals surface area contributed by atoms with E-state index in [0.29, 0.717) is 50.3 Å². The maximum Gasteiger partial charge on any atom is 0.226 e. The molecule has 8 heteroatoms. The molecule has 2 heterocycles. The summed E-state index contributed by atoms with van der Waals surface area (Å²) in [6.07, 6.45) is 8.00. The number of rotatable bonds is 12. The number of oxime groups is 1. The van der Waals surface area contributed by atoms with Crippen LogP contribution in [0.5, 0.6) is 0 Å². The van der Waals surface area contributed by atoms with Crippen molar-refractivity contribution in [3.8, 4) is 0 Å². The molecule has 0 spiro atoms. The fourth-order valence-electron chi connectivity index (χ4n) is 5.50. The van der Waals surface area contributed by atoms with E-state index in [4.69, 9.17) is 16.4 Å². The van der Waals surface area contributed by atoms with Crippen molar-refractivity contribution in [2.45, 2.75) is 77.2 Å². The zero-order valence-electron chi connectivity index (χ0n) is 22.8. The summed E-state index contributed by atoms with van der Waals surface area (Å²) in [5.41, 5.74) is 1.99. The number of amides is 2. The molecular formula is C31H39ClFN3O3. The van der Waals surface area contributed by atoms with Gasteiger partial charge in [-0.05, 0) is 54.7 Å². The molecule has 2 aliphatic heterocycles. The lowest BCUT2D eigenvalue weighted by Crippen LogP contribution is -2.51. The van der Waals surface area contributed by atoms with Gasteiger partial charge in [-0.1, -0.05) is 73.6 Å². The number of hydrogen-bond acceptors (Lipinski definition) is 4. The maximum absolute atomic E-state index is 13.6. The highest BCUT2D eigenvalue weighted by atomic mass is 35.5. The molecular weight excluding hydrogens is 517 g/mol. The summed E-state index contributed by atoms with van der Waals surface area (Å²) in [6.45, 7) is 3.86. The average molecular weight is 556 g/mol. The summed E-state index contributed by atoms with van der Waals surface area (Å²) in [5, 5.41) is 8.19. The number of halogens is 2. The topological polar surface area (TPSA) is 71.0 Å². The molecule has 1 unspecified atom stereocenters. The number of carbonyl (C=O) groups excluding carboxylic acids is 2. The second-order valence-corrected chi connectivity index (χ2v) is 11.3. The second kappa shape index (κ2) is 13.9. The molecule has 2 aromatic rings. The van der Waals surface area contributed by atoms with Gasteiger partial charge in [0, 0.05) is 37.5 Å². The van der Waals surface area contributed by atoms with E-state index in [9.17, 15) is 14.0 Å². The number of nitrogens with one attached hydrogen (secondary N) is 1. The summed E-state index contributed by atoms with van der Waals surface area (Å²) in [5.74, 6) is -0.271. The first-order valence-electron chi connectivity index (χ1n) is 14.2. The molecule has 0 saturated carbocycles. The van der Waals surface area contributed by atoms with Crippen molar-refractivity contribution >= 4 is 29.1 Å². The van der Waals surface area contributed by atoms with Crippen molar-refractivity contribution < 1.29 is 18.8 Å². The van der Waals surface area contributed by atoms with Crippen molar-refractivity contribution in [3.05, 3.63) is 70.5 Å². The van der Waals surface area contributed by atoms with E-state index in [0.717, 1.165) is 29.7 Å². The van der Waals surface area contributed by atoms with Gasteiger partial charge in [-0.2, -0.15) is 0 Å². The molecule has 1 N–H and O–H groups in total. The molecule has 0 bridgehead atoms. The summed E-state index contributed by atoms with van der Waals surface area (Å²) in [4.78, 5) is 34.3. The third kappa shape index (κ3) is 8.04. The number of nitrogens with zero attached hydrogens (tertiary/aromatic N) is 2. The molecule has 0 radical (unpaired) electrons. The van der Waals surface area contributed by atoms with Crippen LogP contribution < -0.4 is 5.32 Å². The van der Waals surface area contributed by atoms with Gasteiger partial charge < -0.3 is 15.1 Å². The van der Waals surface area contributed by atoms with Crippen molar-refractivity contribution in [1.82, 2.24) is 10.2 Å². The quantitative estimate of drug-likeness (QED) is 0.312. The van der Waals surface area contributed by atoms with Crippen LogP contribution in [0.3, 0.4) is 0 Å². The van der Waals surface area contributed by atoms with Crippen LogP contribution in [0.1, 0.15) is 75.8 Å². The number of carbonyl (C=O) groups is 2. The summed E-state index contributed by atoms with van der Waals surface area (Å²) in [6, 6.07) is 13.6. The third-order valence-corrected chi connectivity index (χ3v) is 8.17. The fraction of sp³-hybridized carbons (Fsp3) is 0.516. The van der Waals surface area contributed by atoms with Crippen molar-refractivity contribution in [2.24, 2.45) is 10.6 Å². The number of likely N-dealkylation sites (tertiary alicyclic amines) is 1. The Morgan fingerprint density at radius 1 is 1.05 bits per heavy atom. The molecule has 6 nitrogen and oxygen atoms in total. The van der Waals surface area contributed by atoms with Crippen LogP contribution in [-0.4, -0.2) is 48.2 Å². The lowest BCUT2D eigenvalue weighted by molar-refractivity contribution is -0.142. The largest absolute Gasteiger partial charge is 0.392 e. The molecule has 39 heavy (non-hydrogen) atoms. The Bertz CT molecular complexity index is 1130. The molecule has 2 aromatic carbocycles. The molecule has 1 saturated heterocycles. The van der Waals surface area contributed by atoms with Crippen LogP contribution in [0.4, 0.5) is 4.39 Å². The van der Waals surface area contributed by atoms with E-state index in [1.807, 2.05) is 29.2 Å².